The number of benzene rings is 1. The highest BCUT2D eigenvalue weighted by Crippen LogP contribution is 2.55. The van der Waals surface area contributed by atoms with Crippen molar-refractivity contribution in [1.82, 2.24) is 0 Å². The molecule has 1 aromatic rings. The van der Waals surface area contributed by atoms with Crippen LogP contribution >= 0.6 is 0 Å². The van der Waals surface area contributed by atoms with Crippen LogP contribution in [-0.2, 0) is 14.3 Å². The monoisotopic (exact) mass is 292 g/mol. The van der Waals surface area contributed by atoms with Gasteiger partial charge in [-0.3, -0.25) is 4.18 Å². The Bertz CT molecular complexity index is 565. The van der Waals surface area contributed by atoms with Crippen molar-refractivity contribution >= 4 is 10.1 Å². The van der Waals surface area contributed by atoms with Gasteiger partial charge >= 0.3 is 0 Å². The Labute approximate surface area is 120 Å². The van der Waals surface area contributed by atoms with Crippen LogP contribution in [0.3, 0.4) is 0 Å². The van der Waals surface area contributed by atoms with Crippen LogP contribution in [0.2, 0.25) is 0 Å². The van der Waals surface area contributed by atoms with Crippen molar-refractivity contribution in [3.05, 3.63) is 30.3 Å². The molecular formula is C16H20O3S. The first kappa shape index (κ1) is 12.8. The lowest BCUT2D eigenvalue weighted by Crippen LogP contribution is -2.50. The molecular weight excluding hydrogens is 272 g/mol. The van der Waals surface area contributed by atoms with Crippen molar-refractivity contribution in [3.8, 4) is 0 Å². The van der Waals surface area contributed by atoms with Gasteiger partial charge in [0.05, 0.1) is 11.0 Å². The first-order valence-electron chi connectivity index (χ1n) is 7.60. The first-order valence-corrected chi connectivity index (χ1v) is 9.01. The fourth-order valence-corrected chi connectivity index (χ4v) is 6.03. The van der Waals surface area contributed by atoms with Crippen LogP contribution in [0.5, 0.6) is 0 Å². The highest BCUT2D eigenvalue weighted by Gasteiger charge is 2.50. The van der Waals surface area contributed by atoms with E-state index in [0.717, 1.165) is 11.8 Å². The van der Waals surface area contributed by atoms with Gasteiger partial charge in [-0.05, 0) is 67.9 Å². The predicted octanol–water partition coefficient (Wildman–Crippen LogP) is 3.22. The molecule has 0 aliphatic heterocycles. The standard InChI is InChI=1S/C16H20O3S/c17-20(18,15-4-2-1-3-5-15)19-16-13-7-11-6-12(9-13)10-14(16)8-11/h1-5,11-14,16H,6-10H2. The van der Waals surface area contributed by atoms with Crippen molar-refractivity contribution in [2.75, 3.05) is 0 Å². The second kappa shape index (κ2) is 4.57. The van der Waals surface area contributed by atoms with Crippen molar-refractivity contribution in [2.24, 2.45) is 23.7 Å². The average molecular weight is 292 g/mol. The van der Waals surface area contributed by atoms with Crippen molar-refractivity contribution in [1.29, 1.82) is 0 Å². The maximum absolute atomic E-state index is 12.4. The topological polar surface area (TPSA) is 43.4 Å². The molecule has 108 valence electrons. The molecule has 4 saturated carbocycles. The molecule has 0 radical (unpaired) electrons. The SMILES string of the molecule is O=S(=O)(OC1C2CC3CC(C2)CC1C3)c1ccccc1. The highest BCUT2D eigenvalue weighted by atomic mass is 32.2. The van der Waals surface area contributed by atoms with Gasteiger partial charge in [0.1, 0.15) is 0 Å². The van der Waals surface area contributed by atoms with Gasteiger partial charge in [0.15, 0.2) is 0 Å². The van der Waals surface area contributed by atoms with Crippen LogP contribution in [0.1, 0.15) is 32.1 Å². The van der Waals surface area contributed by atoms with Crippen molar-refractivity contribution < 1.29 is 12.6 Å². The number of hydrogen-bond donors (Lipinski definition) is 0. The Balaban J connectivity index is 1.57. The minimum Gasteiger partial charge on any atom is -0.262 e. The molecule has 4 bridgehead atoms. The molecule has 5 rings (SSSR count). The van der Waals surface area contributed by atoms with Crippen molar-refractivity contribution in [2.45, 2.75) is 43.1 Å². The molecule has 4 heteroatoms. The lowest BCUT2D eigenvalue weighted by Gasteiger charge is -2.53. The molecule has 4 aliphatic carbocycles. The maximum Gasteiger partial charge on any atom is 0.297 e. The van der Waals surface area contributed by atoms with E-state index in [1.165, 1.54) is 32.1 Å². The summed E-state index contributed by atoms with van der Waals surface area (Å²) in [7, 11) is -3.60. The summed E-state index contributed by atoms with van der Waals surface area (Å²) in [5.74, 6) is 2.59. The maximum atomic E-state index is 12.4. The van der Waals surface area contributed by atoms with Crippen LogP contribution in [0.15, 0.2) is 35.2 Å². The van der Waals surface area contributed by atoms with Gasteiger partial charge in [0.25, 0.3) is 10.1 Å². The molecule has 0 heterocycles. The fraction of sp³-hybridized carbons (Fsp3) is 0.625. The first-order chi connectivity index (χ1) is 9.62. The third kappa shape index (κ3) is 2.09. The van der Waals surface area contributed by atoms with Crippen LogP contribution in [0.4, 0.5) is 0 Å². The summed E-state index contributed by atoms with van der Waals surface area (Å²) in [5.41, 5.74) is 0. The summed E-state index contributed by atoms with van der Waals surface area (Å²) in [6.07, 6.45) is 5.96. The van der Waals surface area contributed by atoms with Gasteiger partial charge in [0.2, 0.25) is 0 Å². The summed E-state index contributed by atoms with van der Waals surface area (Å²) in [6, 6.07) is 8.54. The van der Waals surface area contributed by atoms with E-state index >= 15 is 0 Å². The Morgan fingerprint density at radius 2 is 1.40 bits per heavy atom. The van der Waals surface area contributed by atoms with E-state index in [1.54, 1.807) is 24.3 Å². The lowest BCUT2D eigenvalue weighted by molar-refractivity contribution is -0.0764. The predicted molar refractivity (Wildman–Crippen MR) is 75.5 cm³/mol. The normalized spacial score (nSPS) is 39.1. The largest absolute Gasteiger partial charge is 0.297 e. The fourth-order valence-electron chi connectivity index (χ4n) is 4.82. The second-order valence-corrected chi connectivity index (χ2v) is 8.33. The van der Waals surface area contributed by atoms with Gasteiger partial charge in [-0.15, -0.1) is 0 Å². The molecule has 0 spiro atoms. The molecule has 0 amide bonds. The highest BCUT2D eigenvalue weighted by molar-refractivity contribution is 7.86. The van der Waals surface area contributed by atoms with E-state index in [4.69, 9.17) is 4.18 Å². The van der Waals surface area contributed by atoms with E-state index < -0.39 is 10.1 Å². The molecule has 0 unspecified atom stereocenters. The average Bonchev–Trinajstić information content (AvgIpc) is 2.43. The third-order valence-corrected chi connectivity index (χ3v) is 6.73. The molecule has 0 saturated heterocycles. The zero-order valence-corrected chi connectivity index (χ0v) is 12.3. The molecule has 1 aromatic carbocycles. The molecule has 4 aliphatic rings. The smallest absolute Gasteiger partial charge is 0.262 e. The zero-order valence-electron chi connectivity index (χ0n) is 11.4. The van der Waals surface area contributed by atoms with Gasteiger partial charge < -0.3 is 0 Å². The minimum absolute atomic E-state index is 0.0759. The van der Waals surface area contributed by atoms with Gasteiger partial charge in [-0.25, -0.2) is 0 Å². The summed E-state index contributed by atoms with van der Waals surface area (Å²) in [4.78, 5) is 0.286. The Kier molecular flexibility index (Phi) is 2.93. The van der Waals surface area contributed by atoms with E-state index in [9.17, 15) is 8.42 Å². The van der Waals surface area contributed by atoms with Crippen LogP contribution in [0, 0.1) is 23.7 Å². The second-order valence-electron chi connectivity index (χ2n) is 6.76. The van der Waals surface area contributed by atoms with Crippen molar-refractivity contribution in [3.63, 3.8) is 0 Å². The van der Waals surface area contributed by atoms with E-state index in [-0.39, 0.29) is 11.0 Å². The van der Waals surface area contributed by atoms with Gasteiger partial charge in [0, 0.05) is 0 Å². The van der Waals surface area contributed by atoms with E-state index in [2.05, 4.69) is 0 Å². The van der Waals surface area contributed by atoms with Crippen LogP contribution in [0.25, 0.3) is 0 Å². The van der Waals surface area contributed by atoms with E-state index in [0.29, 0.717) is 11.8 Å². The Morgan fingerprint density at radius 3 is 1.95 bits per heavy atom. The van der Waals surface area contributed by atoms with Gasteiger partial charge in [-0.2, -0.15) is 8.42 Å². The Hall–Kier alpha value is -0.870. The molecule has 3 nitrogen and oxygen atoms in total. The zero-order chi connectivity index (χ0) is 13.7. The van der Waals surface area contributed by atoms with Crippen LogP contribution in [-0.4, -0.2) is 14.5 Å². The molecule has 20 heavy (non-hydrogen) atoms. The van der Waals surface area contributed by atoms with Gasteiger partial charge in [-0.1, -0.05) is 18.2 Å². The Morgan fingerprint density at radius 1 is 0.850 bits per heavy atom. The number of hydrogen-bond acceptors (Lipinski definition) is 3. The summed E-state index contributed by atoms with van der Waals surface area (Å²) in [5, 5.41) is 0. The molecule has 4 fully saturated rings. The summed E-state index contributed by atoms with van der Waals surface area (Å²) in [6.45, 7) is 0. The summed E-state index contributed by atoms with van der Waals surface area (Å²) >= 11 is 0. The summed E-state index contributed by atoms with van der Waals surface area (Å²) < 4.78 is 30.5. The molecule has 0 atom stereocenters. The van der Waals surface area contributed by atoms with Crippen LogP contribution < -0.4 is 0 Å². The van der Waals surface area contributed by atoms with E-state index in [1.807, 2.05) is 6.07 Å². The lowest BCUT2D eigenvalue weighted by atomic mass is 9.55. The molecule has 0 aromatic heterocycles. The third-order valence-electron chi connectivity index (χ3n) is 5.41. The minimum atomic E-state index is -3.60. The molecule has 0 N–H and O–H groups in total. The number of rotatable bonds is 3. The quantitative estimate of drug-likeness (QED) is 0.803.